The van der Waals surface area contributed by atoms with Gasteiger partial charge in [0, 0.05) is 31.4 Å². The molecular formula is C19H22N4O. The fraction of sp³-hybridized carbons (Fsp3) is 0.421. The van der Waals surface area contributed by atoms with Gasteiger partial charge in [-0.3, -0.25) is 4.79 Å². The van der Waals surface area contributed by atoms with Crippen LogP contribution in [0.25, 0.3) is 0 Å². The number of rotatable bonds is 2. The molecule has 24 heavy (non-hydrogen) atoms. The maximum Gasteiger partial charge on any atom is 0.277 e. The van der Waals surface area contributed by atoms with E-state index in [4.69, 9.17) is 0 Å². The van der Waals surface area contributed by atoms with E-state index in [-0.39, 0.29) is 5.91 Å². The summed E-state index contributed by atoms with van der Waals surface area (Å²) in [5.74, 6) is 1.60. The van der Waals surface area contributed by atoms with Crippen molar-refractivity contribution in [3.8, 4) is 0 Å². The molecule has 0 spiro atoms. The average molecular weight is 322 g/mol. The first-order valence-corrected chi connectivity index (χ1v) is 8.69. The van der Waals surface area contributed by atoms with Gasteiger partial charge in [0.05, 0.1) is 0 Å². The Morgan fingerprint density at radius 1 is 1.12 bits per heavy atom. The maximum atomic E-state index is 12.9. The van der Waals surface area contributed by atoms with Gasteiger partial charge >= 0.3 is 0 Å². The van der Waals surface area contributed by atoms with Crippen molar-refractivity contribution in [2.24, 2.45) is 5.92 Å². The van der Waals surface area contributed by atoms with Crippen molar-refractivity contribution in [2.45, 2.75) is 26.2 Å². The van der Waals surface area contributed by atoms with Crippen molar-refractivity contribution in [3.05, 3.63) is 47.9 Å². The van der Waals surface area contributed by atoms with Crippen LogP contribution >= 0.6 is 0 Å². The Balaban J connectivity index is 1.57. The van der Waals surface area contributed by atoms with Crippen molar-refractivity contribution in [2.75, 3.05) is 29.4 Å². The number of anilines is 2. The number of benzene rings is 1. The molecule has 2 aliphatic rings. The second-order valence-corrected chi connectivity index (χ2v) is 6.77. The molecule has 0 bridgehead atoms. The maximum absolute atomic E-state index is 12.9. The van der Waals surface area contributed by atoms with E-state index in [0.717, 1.165) is 43.5 Å². The number of carbonyl (C=O) groups is 1. The van der Waals surface area contributed by atoms with E-state index in [9.17, 15) is 4.79 Å². The quantitative estimate of drug-likeness (QED) is 0.853. The minimum absolute atomic E-state index is 0.0334. The highest BCUT2D eigenvalue weighted by molar-refractivity contribution is 6.06. The van der Waals surface area contributed by atoms with Crippen LogP contribution < -0.4 is 9.80 Å². The Hall–Kier alpha value is -2.43. The number of hydrogen-bond donors (Lipinski definition) is 0. The van der Waals surface area contributed by atoms with Gasteiger partial charge in [-0.15, -0.1) is 0 Å². The van der Waals surface area contributed by atoms with Crippen molar-refractivity contribution in [1.82, 2.24) is 9.97 Å². The molecule has 4 rings (SSSR count). The van der Waals surface area contributed by atoms with Gasteiger partial charge in [-0.2, -0.15) is 0 Å². The highest BCUT2D eigenvalue weighted by atomic mass is 16.2. The minimum atomic E-state index is -0.0334. The first-order chi connectivity index (χ1) is 11.7. The lowest BCUT2D eigenvalue weighted by Crippen LogP contribution is -2.34. The van der Waals surface area contributed by atoms with E-state index in [2.05, 4.69) is 27.9 Å². The van der Waals surface area contributed by atoms with Crippen molar-refractivity contribution >= 4 is 17.4 Å². The molecule has 2 aromatic rings. The summed E-state index contributed by atoms with van der Waals surface area (Å²) >= 11 is 0. The lowest BCUT2D eigenvalue weighted by molar-refractivity contribution is 0.0984. The lowest BCUT2D eigenvalue weighted by Gasteiger charge is -2.31. The van der Waals surface area contributed by atoms with Crippen LogP contribution in [0.5, 0.6) is 0 Å². The van der Waals surface area contributed by atoms with Crippen LogP contribution in [0.4, 0.5) is 11.5 Å². The van der Waals surface area contributed by atoms with E-state index in [0.29, 0.717) is 5.69 Å². The van der Waals surface area contributed by atoms with E-state index in [1.54, 1.807) is 0 Å². The van der Waals surface area contributed by atoms with Crippen LogP contribution in [0.1, 0.15) is 35.8 Å². The first-order valence-electron chi connectivity index (χ1n) is 8.69. The predicted octanol–water partition coefficient (Wildman–Crippen LogP) is 2.92. The lowest BCUT2D eigenvalue weighted by atomic mass is 9.99. The Kier molecular flexibility index (Phi) is 3.92. The van der Waals surface area contributed by atoms with Gasteiger partial charge in [0.15, 0.2) is 0 Å². The van der Waals surface area contributed by atoms with Crippen LogP contribution in [-0.4, -0.2) is 35.5 Å². The Morgan fingerprint density at radius 2 is 1.92 bits per heavy atom. The smallest absolute Gasteiger partial charge is 0.277 e. The van der Waals surface area contributed by atoms with Gasteiger partial charge in [0.2, 0.25) is 0 Å². The van der Waals surface area contributed by atoms with Crippen LogP contribution in [0.15, 0.2) is 36.7 Å². The summed E-state index contributed by atoms with van der Waals surface area (Å²) in [7, 11) is 0. The summed E-state index contributed by atoms with van der Waals surface area (Å²) in [6, 6.07) is 9.94. The second kappa shape index (κ2) is 6.23. The molecule has 2 aliphatic heterocycles. The summed E-state index contributed by atoms with van der Waals surface area (Å²) in [4.78, 5) is 25.6. The molecule has 0 atom stereocenters. The summed E-state index contributed by atoms with van der Waals surface area (Å²) < 4.78 is 0. The number of aromatic nitrogens is 2. The molecule has 0 radical (unpaired) electrons. The highest BCUT2D eigenvalue weighted by Crippen LogP contribution is 2.29. The molecule has 5 heteroatoms. The number of carbonyl (C=O) groups excluding carboxylic acids is 1. The molecule has 5 nitrogen and oxygen atoms in total. The van der Waals surface area contributed by atoms with Gasteiger partial charge in [0.1, 0.15) is 17.8 Å². The van der Waals surface area contributed by atoms with Crippen LogP contribution in [0, 0.1) is 5.92 Å². The fourth-order valence-corrected chi connectivity index (χ4v) is 3.56. The number of fused-ring (bicyclic) bond motifs is 1. The number of para-hydroxylation sites is 1. The largest absolute Gasteiger partial charge is 0.356 e. The number of piperidine rings is 1. The summed E-state index contributed by atoms with van der Waals surface area (Å²) in [6.07, 6.45) is 4.77. The molecule has 0 saturated carbocycles. The first kappa shape index (κ1) is 15.1. The zero-order valence-corrected chi connectivity index (χ0v) is 14.0. The van der Waals surface area contributed by atoms with Crippen LogP contribution in [-0.2, 0) is 6.42 Å². The van der Waals surface area contributed by atoms with Gasteiger partial charge in [-0.05, 0) is 36.8 Å². The van der Waals surface area contributed by atoms with E-state index in [1.807, 2.05) is 29.2 Å². The molecule has 1 fully saturated rings. The third kappa shape index (κ3) is 2.75. The van der Waals surface area contributed by atoms with Gasteiger partial charge in [-0.1, -0.05) is 25.1 Å². The van der Waals surface area contributed by atoms with Crippen LogP contribution in [0.2, 0.25) is 0 Å². The molecule has 0 aliphatic carbocycles. The fourth-order valence-electron chi connectivity index (χ4n) is 3.56. The summed E-state index contributed by atoms with van der Waals surface area (Å²) in [5.41, 5.74) is 2.72. The summed E-state index contributed by atoms with van der Waals surface area (Å²) in [6.45, 7) is 5.01. The zero-order valence-electron chi connectivity index (χ0n) is 14.0. The van der Waals surface area contributed by atoms with Gasteiger partial charge in [-0.25, -0.2) is 9.97 Å². The SMILES string of the molecule is CC1CCN(c2cc(C(=O)N3CCc4ccccc43)ncn2)CC1. The van der Waals surface area contributed by atoms with Crippen molar-refractivity contribution in [1.29, 1.82) is 0 Å². The minimum Gasteiger partial charge on any atom is -0.356 e. The average Bonchev–Trinajstić information content (AvgIpc) is 3.06. The Labute approximate surface area is 142 Å². The van der Waals surface area contributed by atoms with E-state index in [1.165, 1.54) is 24.7 Å². The normalized spacial score (nSPS) is 17.9. The van der Waals surface area contributed by atoms with E-state index >= 15 is 0 Å². The standard InChI is InChI=1S/C19H22N4O/c1-14-6-9-22(10-7-14)18-12-16(20-13-21-18)19(24)23-11-8-15-4-2-3-5-17(15)23/h2-5,12-14H,6-11H2,1H3. The summed E-state index contributed by atoms with van der Waals surface area (Å²) in [5, 5.41) is 0. The van der Waals surface area contributed by atoms with Crippen molar-refractivity contribution < 1.29 is 4.79 Å². The molecule has 1 amide bonds. The number of hydrogen-bond acceptors (Lipinski definition) is 4. The van der Waals surface area contributed by atoms with Gasteiger partial charge in [0.25, 0.3) is 5.91 Å². The molecule has 124 valence electrons. The zero-order chi connectivity index (χ0) is 16.5. The number of nitrogens with zero attached hydrogens (tertiary/aromatic N) is 4. The molecule has 3 heterocycles. The molecule has 0 N–H and O–H groups in total. The monoisotopic (exact) mass is 322 g/mol. The van der Waals surface area contributed by atoms with E-state index < -0.39 is 0 Å². The molecule has 1 aromatic heterocycles. The Morgan fingerprint density at radius 3 is 2.75 bits per heavy atom. The van der Waals surface area contributed by atoms with Crippen molar-refractivity contribution in [3.63, 3.8) is 0 Å². The predicted molar refractivity (Wildman–Crippen MR) is 94.5 cm³/mol. The third-order valence-electron chi connectivity index (χ3n) is 5.11. The molecular weight excluding hydrogens is 300 g/mol. The second-order valence-electron chi connectivity index (χ2n) is 6.77. The molecule has 0 unspecified atom stereocenters. The number of amides is 1. The third-order valence-corrected chi connectivity index (χ3v) is 5.11. The highest BCUT2D eigenvalue weighted by Gasteiger charge is 2.27. The topological polar surface area (TPSA) is 49.3 Å². The Bertz CT molecular complexity index is 753. The van der Waals surface area contributed by atoms with Crippen LogP contribution in [0.3, 0.4) is 0 Å². The van der Waals surface area contributed by atoms with Gasteiger partial charge < -0.3 is 9.80 Å². The molecule has 1 aromatic carbocycles. The molecule has 1 saturated heterocycles.